The van der Waals surface area contributed by atoms with Crippen LogP contribution in [-0.4, -0.2) is 15.2 Å². The summed E-state index contributed by atoms with van der Waals surface area (Å²) in [5.41, 5.74) is 8.09. The van der Waals surface area contributed by atoms with Crippen LogP contribution in [0.15, 0.2) is 60.2 Å². The molecule has 2 N–H and O–H groups in total. The molecule has 0 spiro atoms. The van der Waals surface area contributed by atoms with E-state index in [4.69, 9.17) is 0 Å². The van der Waals surface area contributed by atoms with Gasteiger partial charge in [0.2, 0.25) is 0 Å². The predicted octanol–water partition coefficient (Wildman–Crippen LogP) is 5.27. The van der Waals surface area contributed by atoms with E-state index >= 15 is 0 Å². The molecular weight excluding hydrogens is 352 g/mol. The second kappa shape index (κ2) is 6.35. The number of halogens is 1. The number of hydrogen-bond acceptors (Lipinski definition) is 4. The van der Waals surface area contributed by atoms with Crippen molar-refractivity contribution in [2.24, 2.45) is 0 Å². The molecule has 0 unspecified atom stereocenters. The predicted molar refractivity (Wildman–Crippen MR) is 105 cm³/mol. The fraction of sp³-hybridized carbons (Fsp3) is 0.0526. The number of fused-ring (bicyclic) bond motifs is 3. The Kier molecular flexibility index (Phi) is 4.03. The minimum Gasteiger partial charge on any atom is -0.355 e. The van der Waals surface area contributed by atoms with Gasteiger partial charge in [0.1, 0.15) is 0 Å². The topological polar surface area (TPSA) is 53.6 Å². The number of nitrogens with one attached hydrogen (secondary N) is 2. The van der Waals surface area contributed by atoms with Crippen LogP contribution in [0, 0.1) is 0 Å². The third-order valence-corrected chi connectivity index (χ3v) is 5.27. The number of pyridine rings is 1. The molecule has 1 aliphatic carbocycles. The van der Waals surface area contributed by atoms with E-state index in [0.717, 1.165) is 29.1 Å². The number of hydrogen-bond donors (Lipinski definition) is 2. The maximum atomic E-state index is 4.55. The third kappa shape index (κ3) is 2.71. The van der Waals surface area contributed by atoms with Gasteiger partial charge in [-0.1, -0.05) is 12.1 Å². The molecule has 0 fully saturated rings. The molecule has 0 radical (unpaired) electrons. The van der Waals surface area contributed by atoms with Crippen molar-refractivity contribution in [2.75, 3.05) is 5.32 Å². The molecule has 0 atom stereocenters. The molecule has 5 rings (SSSR count). The number of nitrogens with zero attached hydrogens (tertiary/aromatic N) is 2. The number of rotatable bonds is 3. The first-order valence-corrected chi connectivity index (χ1v) is 8.68. The van der Waals surface area contributed by atoms with Crippen molar-refractivity contribution in [3.8, 4) is 22.5 Å². The Hall–Kier alpha value is -2.63. The zero-order valence-corrected chi connectivity index (χ0v) is 14.8. The van der Waals surface area contributed by atoms with Gasteiger partial charge in [0.25, 0.3) is 0 Å². The maximum absolute atomic E-state index is 4.55. The molecule has 3 aromatic heterocycles. The highest BCUT2D eigenvalue weighted by Gasteiger charge is 2.25. The normalized spacial score (nSPS) is 11.5. The smallest absolute Gasteiger partial charge is 0.0962 e. The van der Waals surface area contributed by atoms with Crippen molar-refractivity contribution in [2.45, 2.75) is 6.42 Å². The number of thiophene rings is 1. The average Bonchev–Trinajstić information content (AvgIpc) is 3.29. The van der Waals surface area contributed by atoms with E-state index in [1.165, 1.54) is 21.7 Å². The van der Waals surface area contributed by atoms with E-state index in [-0.39, 0.29) is 12.4 Å². The zero-order valence-electron chi connectivity index (χ0n) is 13.2. The van der Waals surface area contributed by atoms with Crippen molar-refractivity contribution in [1.29, 1.82) is 0 Å². The van der Waals surface area contributed by atoms with Crippen LogP contribution in [0.1, 0.15) is 10.4 Å². The van der Waals surface area contributed by atoms with E-state index in [2.05, 4.69) is 56.2 Å². The summed E-state index contributed by atoms with van der Waals surface area (Å²) < 4.78 is 0. The van der Waals surface area contributed by atoms with Crippen LogP contribution in [-0.2, 0) is 6.42 Å². The molecular formula is C19H15ClN4S. The van der Waals surface area contributed by atoms with Crippen LogP contribution in [0.25, 0.3) is 22.5 Å². The van der Waals surface area contributed by atoms with Crippen LogP contribution in [0.3, 0.4) is 0 Å². The number of anilines is 2. The van der Waals surface area contributed by atoms with Gasteiger partial charge in [-0.2, -0.15) is 5.10 Å². The highest BCUT2D eigenvalue weighted by molar-refractivity contribution is 7.10. The molecule has 0 saturated carbocycles. The second-order valence-corrected chi connectivity index (χ2v) is 6.80. The van der Waals surface area contributed by atoms with Crippen molar-refractivity contribution in [3.63, 3.8) is 0 Å². The minimum atomic E-state index is 0. The lowest BCUT2D eigenvalue weighted by molar-refractivity contribution is 1.10. The van der Waals surface area contributed by atoms with Gasteiger partial charge in [-0.05, 0) is 35.7 Å². The molecule has 0 amide bonds. The van der Waals surface area contributed by atoms with E-state index in [0.29, 0.717) is 0 Å². The van der Waals surface area contributed by atoms with Crippen molar-refractivity contribution >= 4 is 35.1 Å². The van der Waals surface area contributed by atoms with Gasteiger partial charge in [-0.15, -0.1) is 23.7 Å². The quantitative estimate of drug-likeness (QED) is 0.457. The molecule has 0 saturated heterocycles. The van der Waals surface area contributed by atoms with Crippen LogP contribution in [0.4, 0.5) is 11.4 Å². The van der Waals surface area contributed by atoms with Gasteiger partial charge in [0.05, 0.1) is 11.4 Å². The Morgan fingerprint density at radius 2 is 1.72 bits per heavy atom. The van der Waals surface area contributed by atoms with Gasteiger partial charge < -0.3 is 5.32 Å². The Labute approximate surface area is 155 Å². The molecule has 1 aromatic carbocycles. The standard InChI is InChI=1S/C19H14N4S.ClH/c1-3-13(21-14-5-8-20-9-6-14)4-2-12(1)18-16-11-17-15(7-10-24-17)19(16)23-22-18;/h1-10H,11H2,(H,20,21)(H,22,23);1H. The lowest BCUT2D eigenvalue weighted by atomic mass is 10.1. The summed E-state index contributed by atoms with van der Waals surface area (Å²) in [6, 6.07) is 14.5. The van der Waals surface area contributed by atoms with Crippen LogP contribution in [0.2, 0.25) is 0 Å². The molecule has 0 aliphatic heterocycles. The molecule has 6 heteroatoms. The number of aromatic nitrogens is 3. The van der Waals surface area contributed by atoms with Gasteiger partial charge in [-0.25, -0.2) is 0 Å². The Morgan fingerprint density at radius 1 is 0.960 bits per heavy atom. The zero-order chi connectivity index (χ0) is 15.9. The van der Waals surface area contributed by atoms with Crippen LogP contribution >= 0.6 is 23.7 Å². The summed E-state index contributed by atoms with van der Waals surface area (Å²) in [5.74, 6) is 0. The van der Waals surface area contributed by atoms with E-state index in [1.807, 2.05) is 23.5 Å². The number of benzene rings is 1. The monoisotopic (exact) mass is 366 g/mol. The first kappa shape index (κ1) is 15.9. The number of H-pyrrole nitrogens is 1. The summed E-state index contributed by atoms with van der Waals surface area (Å²) in [6.07, 6.45) is 4.54. The lowest BCUT2D eigenvalue weighted by Gasteiger charge is -2.07. The van der Waals surface area contributed by atoms with Crippen LogP contribution < -0.4 is 5.32 Å². The highest BCUT2D eigenvalue weighted by atomic mass is 35.5. The first-order chi connectivity index (χ1) is 11.9. The lowest BCUT2D eigenvalue weighted by Crippen LogP contribution is -1.91. The van der Waals surface area contributed by atoms with Gasteiger partial charge in [-0.3, -0.25) is 10.1 Å². The molecule has 0 bridgehead atoms. The fourth-order valence-electron chi connectivity index (χ4n) is 3.17. The third-order valence-electron chi connectivity index (χ3n) is 4.35. The van der Waals surface area contributed by atoms with Crippen LogP contribution in [0.5, 0.6) is 0 Å². The summed E-state index contributed by atoms with van der Waals surface area (Å²) in [5, 5.41) is 13.3. The molecule has 124 valence electrons. The van der Waals surface area contributed by atoms with Gasteiger partial charge in [0.15, 0.2) is 0 Å². The van der Waals surface area contributed by atoms with E-state index in [1.54, 1.807) is 12.4 Å². The van der Waals surface area contributed by atoms with Gasteiger partial charge >= 0.3 is 0 Å². The minimum absolute atomic E-state index is 0. The van der Waals surface area contributed by atoms with Gasteiger partial charge in [0, 0.05) is 51.8 Å². The molecule has 25 heavy (non-hydrogen) atoms. The van der Waals surface area contributed by atoms with Crippen molar-refractivity contribution < 1.29 is 0 Å². The molecule has 4 nitrogen and oxygen atoms in total. The SMILES string of the molecule is Cl.c1cc(Nc2ccc(-c3n[nH]c4c3Cc3sccc3-4)cc2)ccn1. The summed E-state index contributed by atoms with van der Waals surface area (Å²) >= 11 is 1.82. The fourth-order valence-corrected chi connectivity index (χ4v) is 4.07. The average molecular weight is 367 g/mol. The van der Waals surface area contributed by atoms with Crippen molar-refractivity contribution in [1.82, 2.24) is 15.2 Å². The van der Waals surface area contributed by atoms with E-state index < -0.39 is 0 Å². The largest absolute Gasteiger partial charge is 0.355 e. The van der Waals surface area contributed by atoms with E-state index in [9.17, 15) is 0 Å². The molecule has 4 aromatic rings. The highest BCUT2D eigenvalue weighted by Crippen LogP contribution is 2.42. The summed E-state index contributed by atoms with van der Waals surface area (Å²) in [4.78, 5) is 5.46. The second-order valence-electron chi connectivity index (χ2n) is 5.80. The first-order valence-electron chi connectivity index (χ1n) is 7.80. The number of aromatic amines is 1. The molecule has 1 aliphatic rings. The maximum Gasteiger partial charge on any atom is 0.0962 e. The Bertz CT molecular complexity index is 1010. The summed E-state index contributed by atoms with van der Waals surface area (Å²) in [6.45, 7) is 0. The Balaban J connectivity index is 0.00000157. The summed E-state index contributed by atoms with van der Waals surface area (Å²) in [7, 11) is 0. The Morgan fingerprint density at radius 3 is 2.52 bits per heavy atom. The molecule has 3 heterocycles. The van der Waals surface area contributed by atoms with Crippen molar-refractivity contribution in [3.05, 3.63) is 70.7 Å².